The lowest BCUT2D eigenvalue weighted by atomic mass is 10.1. The van der Waals surface area contributed by atoms with Gasteiger partial charge in [-0.15, -0.1) is 0 Å². The van der Waals surface area contributed by atoms with Crippen LogP contribution in [0, 0.1) is 13.8 Å². The van der Waals surface area contributed by atoms with Crippen LogP contribution in [-0.4, -0.2) is 32.9 Å². The molecule has 0 unspecified atom stereocenters. The Kier molecular flexibility index (Phi) is 6.93. The highest BCUT2D eigenvalue weighted by atomic mass is 32.2. The van der Waals surface area contributed by atoms with Gasteiger partial charge in [0.25, 0.3) is 5.91 Å². The fourth-order valence-corrected chi connectivity index (χ4v) is 3.60. The molecule has 0 saturated carbocycles. The van der Waals surface area contributed by atoms with E-state index < -0.39 is 28.0 Å². The van der Waals surface area contributed by atoms with E-state index in [1.54, 1.807) is 6.92 Å². The first kappa shape index (κ1) is 21.6. The van der Waals surface area contributed by atoms with Gasteiger partial charge in [-0.1, -0.05) is 25.1 Å². The second kappa shape index (κ2) is 8.99. The minimum absolute atomic E-state index is 0.0479. The highest BCUT2D eigenvalue weighted by molar-refractivity contribution is 7.89. The zero-order chi connectivity index (χ0) is 20.9. The van der Waals surface area contributed by atoms with Crippen LogP contribution in [0.1, 0.15) is 35.3 Å². The topological polar surface area (TPSA) is 102 Å². The number of para-hydroxylation sites is 1. The maximum atomic E-state index is 12.4. The van der Waals surface area contributed by atoms with Gasteiger partial charge in [0.05, 0.1) is 10.5 Å². The first-order valence-corrected chi connectivity index (χ1v) is 10.3. The van der Waals surface area contributed by atoms with Crippen molar-refractivity contribution in [1.82, 2.24) is 4.72 Å². The quantitative estimate of drug-likeness (QED) is 0.691. The minimum Gasteiger partial charge on any atom is -0.449 e. The number of hydrogen-bond acceptors (Lipinski definition) is 5. The molecule has 150 valence electrons. The number of rotatable bonds is 7. The van der Waals surface area contributed by atoms with Gasteiger partial charge in [-0.05, 0) is 56.2 Å². The number of nitrogens with one attached hydrogen (secondary N) is 2. The summed E-state index contributed by atoms with van der Waals surface area (Å²) in [5.41, 5.74) is 2.66. The molecule has 2 aromatic carbocycles. The van der Waals surface area contributed by atoms with E-state index in [4.69, 9.17) is 4.74 Å². The fraction of sp³-hybridized carbons (Fsp3) is 0.300. The number of sulfonamides is 1. The molecule has 2 rings (SSSR count). The third-order valence-electron chi connectivity index (χ3n) is 4.12. The average Bonchev–Trinajstić information content (AvgIpc) is 2.64. The number of amides is 1. The van der Waals surface area contributed by atoms with Crippen molar-refractivity contribution in [3.05, 3.63) is 59.2 Å². The predicted octanol–water partition coefficient (Wildman–Crippen LogP) is 2.79. The van der Waals surface area contributed by atoms with Gasteiger partial charge in [0.2, 0.25) is 10.0 Å². The summed E-state index contributed by atoms with van der Waals surface area (Å²) in [6.07, 6.45) is -1.02. The molecule has 0 aliphatic carbocycles. The molecule has 2 N–H and O–H groups in total. The summed E-state index contributed by atoms with van der Waals surface area (Å²) in [7, 11) is -3.60. The monoisotopic (exact) mass is 404 g/mol. The predicted molar refractivity (Wildman–Crippen MR) is 107 cm³/mol. The van der Waals surface area contributed by atoms with Crippen LogP contribution >= 0.6 is 0 Å². The van der Waals surface area contributed by atoms with E-state index in [0.717, 1.165) is 11.1 Å². The van der Waals surface area contributed by atoms with Crippen LogP contribution in [0.15, 0.2) is 47.4 Å². The lowest BCUT2D eigenvalue weighted by Crippen LogP contribution is -2.30. The Hall–Kier alpha value is -2.71. The second-order valence-corrected chi connectivity index (χ2v) is 8.10. The molecule has 0 aromatic heterocycles. The van der Waals surface area contributed by atoms with Crippen LogP contribution in [0.25, 0.3) is 0 Å². The number of carbonyl (C=O) groups is 2. The van der Waals surface area contributed by atoms with E-state index in [1.807, 2.05) is 32.0 Å². The van der Waals surface area contributed by atoms with Gasteiger partial charge in [0.1, 0.15) is 0 Å². The highest BCUT2D eigenvalue weighted by Gasteiger charge is 2.21. The van der Waals surface area contributed by atoms with Crippen LogP contribution in [0.2, 0.25) is 0 Å². The van der Waals surface area contributed by atoms with Crippen molar-refractivity contribution in [3.8, 4) is 0 Å². The van der Waals surface area contributed by atoms with E-state index in [2.05, 4.69) is 10.0 Å². The molecule has 0 spiro atoms. The highest BCUT2D eigenvalue weighted by Crippen LogP contribution is 2.20. The zero-order valence-electron chi connectivity index (χ0n) is 16.3. The van der Waals surface area contributed by atoms with Crippen molar-refractivity contribution in [3.63, 3.8) is 0 Å². The Labute approximate surface area is 165 Å². The minimum atomic E-state index is -3.60. The lowest BCUT2D eigenvalue weighted by molar-refractivity contribution is -0.123. The van der Waals surface area contributed by atoms with Crippen LogP contribution in [0.5, 0.6) is 0 Å². The van der Waals surface area contributed by atoms with Crippen LogP contribution in [0.3, 0.4) is 0 Å². The van der Waals surface area contributed by atoms with Crippen LogP contribution in [0.4, 0.5) is 5.69 Å². The van der Waals surface area contributed by atoms with Gasteiger partial charge < -0.3 is 10.1 Å². The maximum absolute atomic E-state index is 12.4. The number of aryl methyl sites for hydroxylation is 2. The molecule has 0 aliphatic rings. The van der Waals surface area contributed by atoms with E-state index in [1.165, 1.54) is 31.2 Å². The van der Waals surface area contributed by atoms with Crippen molar-refractivity contribution in [2.24, 2.45) is 0 Å². The molecular weight excluding hydrogens is 380 g/mol. The van der Waals surface area contributed by atoms with Crippen molar-refractivity contribution >= 4 is 27.6 Å². The first-order chi connectivity index (χ1) is 13.2. The Bertz CT molecular complexity index is 948. The SMILES string of the molecule is CCNS(=O)(=O)c1ccc(C(=O)O[C@H](C)C(=O)Nc2c(C)cccc2C)cc1. The summed E-state index contributed by atoms with van der Waals surface area (Å²) < 4.78 is 31.4. The normalized spacial score (nSPS) is 12.3. The largest absolute Gasteiger partial charge is 0.449 e. The Balaban J connectivity index is 2.04. The zero-order valence-corrected chi connectivity index (χ0v) is 17.1. The number of hydrogen-bond donors (Lipinski definition) is 2. The molecular formula is C20H24N2O5S. The standard InChI is InChI=1S/C20H24N2O5S/c1-5-21-28(25,26)17-11-9-16(10-12-17)20(24)27-15(4)19(23)22-18-13(2)7-6-8-14(18)3/h6-12,15,21H,5H2,1-4H3,(H,22,23)/t15-/m1/s1. The Morgan fingerprint density at radius 2 is 1.61 bits per heavy atom. The van der Waals surface area contributed by atoms with E-state index in [-0.39, 0.29) is 17.0 Å². The van der Waals surface area contributed by atoms with E-state index >= 15 is 0 Å². The van der Waals surface area contributed by atoms with Gasteiger partial charge >= 0.3 is 5.97 Å². The first-order valence-electron chi connectivity index (χ1n) is 8.83. The number of ether oxygens (including phenoxy) is 1. The van der Waals surface area contributed by atoms with Gasteiger partial charge in [-0.3, -0.25) is 4.79 Å². The van der Waals surface area contributed by atoms with Crippen LogP contribution < -0.4 is 10.0 Å². The molecule has 0 fully saturated rings. The molecule has 28 heavy (non-hydrogen) atoms. The molecule has 8 heteroatoms. The van der Waals surface area contributed by atoms with Gasteiger partial charge in [0.15, 0.2) is 6.10 Å². The van der Waals surface area contributed by atoms with Gasteiger partial charge in [-0.25, -0.2) is 17.9 Å². The third kappa shape index (κ3) is 5.17. The fourth-order valence-electron chi connectivity index (χ4n) is 2.56. The summed E-state index contributed by atoms with van der Waals surface area (Å²) in [5.74, 6) is -1.16. The van der Waals surface area contributed by atoms with E-state index in [9.17, 15) is 18.0 Å². The molecule has 1 atom stereocenters. The van der Waals surface area contributed by atoms with Crippen molar-refractivity contribution in [1.29, 1.82) is 0 Å². The lowest BCUT2D eigenvalue weighted by Gasteiger charge is -2.16. The average molecular weight is 404 g/mol. The van der Waals surface area contributed by atoms with Gasteiger partial charge in [-0.2, -0.15) is 0 Å². The molecule has 0 saturated heterocycles. The number of anilines is 1. The maximum Gasteiger partial charge on any atom is 0.338 e. The summed E-state index contributed by atoms with van der Waals surface area (Å²) in [4.78, 5) is 24.7. The molecule has 1 amide bonds. The van der Waals surface area contributed by atoms with Crippen LogP contribution in [-0.2, 0) is 19.6 Å². The molecule has 0 aliphatic heterocycles. The number of esters is 1. The molecule has 7 nitrogen and oxygen atoms in total. The van der Waals surface area contributed by atoms with Crippen molar-refractivity contribution in [2.75, 3.05) is 11.9 Å². The third-order valence-corrected chi connectivity index (χ3v) is 5.68. The second-order valence-electron chi connectivity index (χ2n) is 6.33. The number of carbonyl (C=O) groups excluding carboxylic acids is 2. The Morgan fingerprint density at radius 1 is 1.04 bits per heavy atom. The molecule has 2 aromatic rings. The molecule has 0 heterocycles. The smallest absolute Gasteiger partial charge is 0.338 e. The Morgan fingerprint density at radius 3 is 2.14 bits per heavy atom. The van der Waals surface area contributed by atoms with Gasteiger partial charge in [0, 0.05) is 12.2 Å². The summed E-state index contributed by atoms with van der Waals surface area (Å²) in [5, 5.41) is 2.77. The summed E-state index contributed by atoms with van der Waals surface area (Å²) in [6, 6.07) is 11.0. The number of benzene rings is 2. The van der Waals surface area contributed by atoms with E-state index in [0.29, 0.717) is 5.69 Å². The summed E-state index contributed by atoms with van der Waals surface area (Å²) in [6.45, 7) is 7.17. The van der Waals surface area contributed by atoms with Crippen molar-refractivity contribution < 1.29 is 22.7 Å². The molecule has 0 bridgehead atoms. The molecule has 0 radical (unpaired) electrons. The van der Waals surface area contributed by atoms with Crippen molar-refractivity contribution in [2.45, 2.75) is 38.7 Å². The summed E-state index contributed by atoms with van der Waals surface area (Å²) >= 11 is 0.